The van der Waals surface area contributed by atoms with Gasteiger partial charge in [-0.3, -0.25) is 4.79 Å². The van der Waals surface area contributed by atoms with E-state index in [1.54, 1.807) is 0 Å². The maximum Gasteiger partial charge on any atom is 0.243 e. The lowest BCUT2D eigenvalue weighted by atomic mass is 9.46. The molecule has 1 amide bonds. The van der Waals surface area contributed by atoms with E-state index in [-0.39, 0.29) is 23.3 Å². The van der Waals surface area contributed by atoms with Crippen molar-refractivity contribution in [3.05, 3.63) is 35.9 Å². The smallest absolute Gasteiger partial charge is 0.243 e. The van der Waals surface area contributed by atoms with Crippen LogP contribution in [0.2, 0.25) is 0 Å². The van der Waals surface area contributed by atoms with Crippen molar-refractivity contribution in [1.82, 2.24) is 4.90 Å². The van der Waals surface area contributed by atoms with Crippen molar-refractivity contribution in [2.75, 3.05) is 13.2 Å². The number of amides is 1. The van der Waals surface area contributed by atoms with Gasteiger partial charge >= 0.3 is 0 Å². The quantitative estimate of drug-likeness (QED) is 0.929. The van der Waals surface area contributed by atoms with Crippen molar-refractivity contribution in [3.8, 4) is 0 Å². The molecule has 0 aromatic heterocycles. The molecule has 1 aliphatic carbocycles. The maximum atomic E-state index is 13.3. The first-order valence-corrected chi connectivity index (χ1v) is 8.66. The van der Waals surface area contributed by atoms with E-state index >= 15 is 0 Å². The third-order valence-corrected chi connectivity index (χ3v) is 5.92. The lowest BCUT2D eigenvalue weighted by Gasteiger charge is -2.65. The van der Waals surface area contributed by atoms with Crippen molar-refractivity contribution >= 4 is 5.91 Å². The van der Waals surface area contributed by atoms with Crippen LogP contribution in [-0.2, 0) is 16.1 Å². The maximum absolute atomic E-state index is 13.3. The zero-order valence-corrected chi connectivity index (χ0v) is 14.4. The van der Waals surface area contributed by atoms with E-state index < -0.39 is 5.54 Å². The third-order valence-electron chi connectivity index (χ3n) is 5.92. The van der Waals surface area contributed by atoms with E-state index in [0.717, 1.165) is 25.0 Å². The molecule has 2 N–H and O–H groups in total. The first-order valence-electron chi connectivity index (χ1n) is 8.66. The first kappa shape index (κ1) is 16.5. The highest BCUT2D eigenvalue weighted by Crippen LogP contribution is 2.58. The number of nitrogens with two attached hydrogens (primary N) is 1. The SMILES string of the molecule is CCN(Cc1ccccc1)C(=O)C1(N)C2CCCOC2C1(C)C. The molecule has 2 fully saturated rings. The Bertz CT molecular complexity index is 572. The Hall–Kier alpha value is -1.39. The fraction of sp³-hybridized carbons (Fsp3) is 0.632. The fourth-order valence-electron chi connectivity index (χ4n) is 4.40. The Kier molecular flexibility index (Phi) is 4.23. The zero-order chi connectivity index (χ0) is 16.7. The topological polar surface area (TPSA) is 55.6 Å². The Morgan fingerprint density at radius 1 is 1.35 bits per heavy atom. The average molecular weight is 316 g/mol. The van der Waals surface area contributed by atoms with Crippen molar-refractivity contribution in [1.29, 1.82) is 0 Å². The summed E-state index contributed by atoms with van der Waals surface area (Å²) >= 11 is 0. The highest BCUT2D eigenvalue weighted by molar-refractivity contribution is 5.89. The molecule has 126 valence electrons. The summed E-state index contributed by atoms with van der Waals surface area (Å²) < 4.78 is 5.92. The van der Waals surface area contributed by atoms with Crippen LogP contribution in [0, 0.1) is 11.3 Å². The van der Waals surface area contributed by atoms with Gasteiger partial charge < -0.3 is 15.4 Å². The second kappa shape index (κ2) is 5.91. The summed E-state index contributed by atoms with van der Waals surface area (Å²) in [6.45, 7) is 8.24. The second-order valence-electron chi connectivity index (χ2n) is 7.44. The van der Waals surface area contributed by atoms with Gasteiger partial charge in [0.05, 0.1) is 6.10 Å². The molecule has 3 atom stereocenters. The highest BCUT2D eigenvalue weighted by atomic mass is 16.5. The zero-order valence-electron chi connectivity index (χ0n) is 14.4. The molecule has 1 aromatic rings. The van der Waals surface area contributed by atoms with Gasteiger partial charge in [0.1, 0.15) is 5.54 Å². The molecule has 1 saturated heterocycles. The van der Waals surface area contributed by atoms with E-state index in [1.165, 1.54) is 0 Å². The number of hydrogen-bond acceptors (Lipinski definition) is 3. The molecule has 1 saturated carbocycles. The monoisotopic (exact) mass is 316 g/mol. The minimum atomic E-state index is -0.817. The van der Waals surface area contributed by atoms with E-state index in [4.69, 9.17) is 10.5 Å². The van der Waals surface area contributed by atoms with Crippen LogP contribution < -0.4 is 5.73 Å². The molecule has 0 radical (unpaired) electrons. The minimum absolute atomic E-state index is 0.0700. The standard InChI is InChI=1S/C19H28N2O2/c1-4-21(13-14-9-6-5-7-10-14)17(22)19(20)15-11-8-12-23-16(15)18(19,2)3/h5-7,9-10,15-16H,4,8,11-13,20H2,1-3H3. The Morgan fingerprint density at radius 2 is 2.04 bits per heavy atom. The molecule has 4 heteroatoms. The van der Waals surface area contributed by atoms with Crippen LogP contribution in [0.25, 0.3) is 0 Å². The molecule has 1 heterocycles. The van der Waals surface area contributed by atoms with Crippen LogP contribution in [0.1, 0.15) is 39.2 Å². The number of hydrogen-bond donors (Lipinski definition) is 1. The number of rotatable bonds is 4. The van der Waals surface area contributed by atoms with E-state index in [0.29, 0.717) is 13.1 Å². The Morgan fingerprint density at radius 3 is 2.70 bits per heavy atom. The van der Waals surface area contributed by atoms with Gasteiger partial charge in [-0.05, 0) is 25.3 Å². The van der Waals surface area contributed by atoms with Crippen LogP contribution in [0.3, 0.4) is 0 Å². The first-order chi connectivity index (χ1) is 10.9. The number of likely N-dealkylation sites (N-methyl/N-ethyl adjacent to an activating group) is 1. The summed E-state index contributed by atoms with van der Waals surface area (Å²) in [6, 6.07) is 10.1. The minimum Gasteiger partial charge on any atom is -0.377 e. The normalized spacial score (nSPS) is 31.8. The summed E-state index contributed by atoms with van der Waals surface area (Å²) in [5.74, 6) is 0.212. The van der Waals surface area contributed by atoms with Crippen LogP contribution in [0.15, 0.2) is 30.3 Å². The number of benzene rings is 1. The Labute approximate surface area is 139 Å². The number of carbonyl (C=O) groups is 1. The van der Waals surface area contributed by atoms with Gasteiger partial charge in [0.2, 0.25) is 5.91 Å². The van der Waals surface area contributed by atoms with E-state index in [9.17, 15) is 4.79 Å². The van der Waals surface area contributed by atoms with Crippen LogP contribution in [-0.4, -0.2) is 35.6 Å². The molecule has 23 heavy (non-hydrogen) atoms. The van der Waals surface area contributed by atoms with Gasteiger partial charge in [-0.15, -0.1) is 0 Å². The van der Waals surface area contributed by atoms with Gasteiger partial charge in [0, 0.05) is 31.0 Å². The summed E-state index contributed by atoms with van der Waals surface area (Å²) in [5, 5.41) is 0. The lowest BCUT2D eigenvalue weighted by molar-refractivity contribution is -0.230. The number of fused-ring (bicyclic) bond motifs is 1. The fourth-order valence-corrected chi connectivity index (χ4v) is 4.40. The van der Waals surface area contributed by atoms with E-state index in [2.05, 4.69) is 26.0 Å². The molecule has 2 aliphatic rings. The molecule has 3 unspecified atom stereocenters. The average Bonchev–Trinajstić information content (AvgIpc) is 2.59. The summed E-state index contributed by atoms with van der Waals surface area (Å²) in [5.41, 5.74) is 6.74. The molecule has 4 nitrogen and oxygen atoms in total. The largest absolute Gasteiger partial charge is 0.377 e. The molecule has 0 spiro atoms. The Balaban J connectivity index is 1.82. The van der Waals surface area contributed by atoms with Crippen molar-refractivity contribution in [3.63, 3.8) is 0 Å². The summed E-state index contributed by atoms with van der Waals surface area (Å²) in [6.07, 6.45) is 2.09. The molecular weight excluding hydrogens is 288 g/mol. The molecule has 3 rings (SSSR count). The van der Waals surface area contributed by atoms with Gasteiger partial charge in [-0.2, -0.15) is 0 Å². The number of carbonyl (C=O) groups excluding carboxylic acids is 1. The molecule has 1 aliphatic heterocycles. The van der Waals surface area contributed by atoms with Crippen LogP contribution in [0.5, 0.6) is 0 Å². The third kappa shape index (κ3) is 2.39. The number of nitrogens with zero attached hydrogens (tertiary/aromatic N) is 1. The van der Waals surface area contributed by atoms with Crippen LogP contribution >= 0.6 is 0 Å². The van der Waals surface area contributed by atoms with Gasteiger partial charge in [-0.1, -0.05) is 44.2 Å². The van der Waals surface area contributed by atoms with Crippen molar-refractivity contribution < 1.29 is 9.53 Å². The van der Waals surface area contributed by atoms with Crippen LogP contribution in [0.4, 0.5) is 0 Å². The van der Waals surface area contributed by atoms with Crippen molar-refractivity contribution in [2.24, 2.45) is 17.1 Å². The summed E-state index contributed by atoms with van der Waals surface area (Å²) in [7, 11) is 0. The molecular formula is C19H28N2O2. The van der Waals surface area contributed by atoms with Gasteiger partial charge in [0.15, 0.2) is 0 Å². The summed E-state index contributed by atoms with van der Waals surface area (Å²) in [4.78, 5) is 15.2. The lowest BCUT2D eigenvalue weighted by Crippen LogP contribution is -2.82. The molecule has 0 bridgehead atoms. The number of ether oxygens (including phenoxy) is 1. The van der Waals surface area contributed by atoms with Gasteiger partial charge in [-0.25, -0.2) is 0 Å². The van der Waals surface area contributed by atoms with Crippen molar-refractivity contribution in [2.45, 2.75) is 51.8 Å². The van der Waals surface area contributed by atoms with Gasteiger partial charge in [0.25, 0.3) is 0 Å². The predicted molar refractivity (Wildman–Crippen MR) is 90.7 cm³/mol. The molecule has 1 aromatic carbocycles. The predicted octanol–water partition coefficient (Wildman–Crippen LogP) is 2.57. The highest BCUT2D eigenvalue weighted by Gasteiger charge is 2.70. The second-order valence-corrected chi connectivity index (χ2v) is 7.44. The van der Waals surface area contributed by atoms with E-state index in [1.807, 2.05) is 30.0 Å².